The van der Waals surface area contributed by atoms with Gasteiger partial charge < -0.3 is 25.6 Å². The summed E-state index contributed by atoms with van der Waals surface area (Å²) < 4.78 is 6.42. The van der Waals surface area contributed by atoms with E-state index >= 15 is 0 Å². The molecule has 0 aliphatic carbocycles. The van der Waals surface area contributed by atoms with E-state index in [2.05, 4.69) is 15.6 Å². The minimum Gasteiger partial charge on any atom is -0.394 e. The van der Waals surface area contributed by atoms with E-state index in [9.17, 15) is 19.5 Å². The summed E-state index contributed by atoms with van der Waals surface area (Å²) in [6.07, 6.45) is -1.31. The van der Waals surface area contributed by atoms with Gasteiger partial charge in [0.05, 0.1) is 19.3 Å². The first-order valence-corrected chi connectivity index (χ1v) is 6.70. The van der Waals surface area contributed by atoms with E-state index in [1.54, 1.807) is 7.05 Å². The van der Waals surface area contributed by atoms with Crippen LogP contribution in [-0.2, 0) is 9.53 Å². The summed E-state index contributed by atoms with van der Waals surface area (Å²) >= 11 is 0. The highest BCUT2D eigenvalue weighted by molar-refractivity contribution is 5.91. The van der Waals surface area contributed by atoms with Crippen molar-refractivity contribution in [2.45, 2.75) is 24.9 Å². The average Bonchev–Trinajstić information content (AvgIpc) is 2.83. The average molecular weight is 314 g/mol. The second kappa shape index (κ2) is 6.83. The number of nitrogens with zero attached hydrogens (tertiary/aromatic N) is 1. The maximum Gasteiger partial charge on any atom is 0.330 e. The molecule has 2 rings (SSSR count). The lowest BCUT2D eigenvalue weighted by atomic mass is 10.2. The molecule has 1 saturated heterocycles. The number of aliphatic hydroxyl groups is 2. The summed E-state index contributed by atoms with van der Waals surface area (Å²) in [5, 5.41) is 23.7. The number of hydrogen-bond donors (Lipinski definition) is 5. The molecule has 2 heterocycles. The molecule has 122 valence electrons. The highest BCUT2D eigenvalue weighted by atomic mass is 16.5. The molecular formula is C12H18N4O6. The van der Waals surface area contributed by atoms with Crippen LogP contribution in [0.25, 0.3) is 0 Å². The first kappa shape index (κ1) is 16.4. The Morgan fingerprint density at radius 2 is 2.27 bits per heavy atom. The Kier molecular flexibility index (Phi) is 5.08. The fraction of sp³-hybridized carbons (Fsp3) is 0.583. The normalized spacial score (nSPS) is 24.4. The predicted molar refractivity (Wildman–Crippen MR) is 75.5 cm³/mol. The Morgan fingerprint density at radius 1 is 1.55 bits per heavy atom. The quantitative estimate of drug-likeness (QED) is 0.398. The molecule has 0 unspecified atom stereocenters. The molecule has 22 heavy (non-hydrogen) atoms. The lowest BCUT2D eigenvalue weighted by Gasteiger charge is -2.15. The van der Waals surface area contributed by atoms with Crippen LogP contribution in [0.1, 0.15) is 12.6 Å². The van der Waals surface area contributed by atoms with Crippen molar-refractivity contribution in [2.75, 3.05) is 25.5 Å². The summed E-state index contributed by atoms with van der Waals surface area (Å²) in [7, 11) is 1.58. The van der Waals surface area contributed by atoms with E-state index in [-0.39, 0.29) is 25.3 Å². The van der Waals surface area contributed by atoms with Gasteiger partial charge in [-0.15, -0.1) is 0 Å². The maximum atomic E-state index is 11.9. The van der Waals surface area contributed by atoms with Crippen molar-refractivity contribution in [3.63, 3.8) is 0 Å². The zero-order valence-electron chi connectivity index (χ0n) is 11.9. The first-order valence-electron chi connectivity index (χ1n) is 6.70. The van der Waals surface area contributed by atoms with Gasteiger partial charge in [0.15, 0.2) is 0 Å². The number of hydrogen-bond acceptors (Lipinski definition) is 7. The lowest BCUT2D eigenvalue weighted by molar-refractivity contribution is -0.115. The van der Waals surface area contributed by atoms with Crippen LogP contribution in [0.15, 0.2) is 15.8 Å². The number of nitrogens with one attached hydrogen (secondary N) is 3. The van der Waals surface area contributed by atoms with E-state index < -0.39 is 35.6 Å². The van der Waals surface area contributed by atoms with Crippen LogP contribution in [0.5, 0.6) is 0 Å². The molecule has 1 amide bonds. The highest BCUT2D eigenvalue weighted by Gasteiger charge is 2.35. The van der Waals surface area contributed by atoms with Crippen LogP contribution >= 0.6 is 0 Å². The van der Waals surface area contributed by atoms with Gasteiger partial charge >= 0.3 is 5.69 Å². The van der Waals surface area contributed by atoms with E-state index in [0.29, 0.717) is 0 Å². The predicted octanol–water partition coefficient (Wildman–Crippen LogP) is -2.66. The van der Waals surface area contributed by atoms with Crippen molar-refractivity contribution < 1.29 is 19.7 Å². The summed E-state index contributed by atoms with van der Waals surface area (Å²) in [5.74, 6) is -0.446. The highest BCUT2D eigenvalue weighted by Crippen LogP contribution is 2.27. The zero-order valence-corrected chi connectivity index (χ0v) is 11.9. The molecule has 0 bridgehead atoms. The largest absolute Gasteiger partial charge is 0.394 e. The van der Waals surface area contributed by atoms with Crippen LogP contribution in [0.2, 0.25) is 0 Å². The molecule has 10 nitrogen and oxygen atoms in total. The van der Waals surface area contributed by atoms with E-state index in [0.717, 1.165) is 10.8 Å². The van der Waals surface area contributed by atoms with Crippen LogP contribution in [-0.4, -0.2) is 58.1 Å². The molecule has 1 aromatic heterocycles. The second-order valence-electron chi connectivity index (χ2n) is 4.90. The van der Waals surface area contributed by atoms with Crippen molar-refractivity contribution in [1.29, 1.82) is 0 Å². The molecule has 3 atom stereocenters. The summed E-state index contributed by atoms with van der Waals surface area (Å²) in [6, 6.07) is 0. The molecule has 10 heteroatoms. The van der Waals surface area contributed by atoms with Crippen LogP contribution in [0, 0.1) is 0 Å². The smallest absolute Gasteiger partial charge is 0.330 e. The number of likely N-dealkylation sites (N-methyl/N-ethyl adjacent to an activating group) is 1. The molecule has 5 N–H and O–H groups in total. The molecule has 0 saturated carbocycles. The molecule has 1 aromatic rings. The van der Waals surface area contributed by atoms with E-state index in [1.165, 1.54) is 0 Å². The van der Waals surface area contributed by atoms with Crippen molar-refractivity contribution in [2.24, 2.45) is 0 Å². The Bertz CT molecular complexity index is 654. The second-order valence-corrected chi connectivity index (χ2v) is 4.90. The molecule has 1 aliphatic heterocycles. The molecule has 1 fully saturated rings. The first-order chi connectivity index (χ1) is 10.5. The number of aromatic amines is 1. The van der Waals surface area contributed by atoms with Gasteiger partial charge in [-0.05, 0) is 7.05 Å². The van der Waals surface area contributed by atoms with Gasteiger partial charge in [-0.2, -0.15) is 0 Å². The minimum absolute atomic E-state index is 0.00377. The minimum atomic E-state index is -0.920. The number of carbonyl (C=O) groups excluding carboxylic acids is 1. The molecule has 0 spiro atoms. The summed E-state index contributed by atoms with van der Waals surface area (Å²) in [5.41, 5.74) is -1.57. The molecule has 1 aliphatic rings. The maximum absolute atomic E-state index is 11.9. The van der Waals surface area contributed by atoms with Crippen molar-refractivity contribution in [3.05, 3.63) is 27.0 Å². The number of aromatic nitrogens is 2. The van der Waals surface area contributed by atoms with Crippen molar-refractivity contribution in [3.8, 4) is 0 Å². The number of amides is 1. The van der Waals surface area contributed by atoms with Gasteiger partial charge in [0.25, 0.3) is 5.56 Å². The van der Waals surface area contributed by atoms with Crippen LogP contribution in [0.3, 0.4) is 0 Å². The topological polar surface area (TPSA) is 146 Å². The van der Waals surface area contributed by atoms with E-state index in [4.69, 9.17) is 9.84 Å². The van der Waals surface area contributed by atoms with Crippen molar-refractivity contribution in [1.82, 2.24) is 14.9 Å². The number of carbonyl (C=O) groups is 1. The zero-order chi connectivity index (χ0) is 16.3. The van der Waals surface area contributed by atoms with Crippen molar-refractivity contribution >= 4 is 11.6 Å². The third-order valence-electron chi connectivity index (χ3n) is 3.27. The number of ether oxygens (including phenoxy) is 1. The summed E-state index contributed by atoms with van der Waals surface area (Å²) in [4.78, 5) is 37.1. The Hall–Kier alpha value is -2.01. The SMILES string of the molecule is CNCC(=O)Nc1cn([C@H]2C[C@H](O)[C@@H](CO)O2)c(=O)[nH]c1=O. The molecular weight excluding hydrogens is 296 g/mol. The monoisotopic (exact) mass is 314 g/mol. The fourth-order valence-corrected chi connectivity index (χ4v) is 2.19. The van der Waals surface area contributed by atoms with Gasteiger partial charge in [-0.3, -0.25) is 19.1 Å². The van der Waals surface area contributed by atoms with Gasteiger partial charge in [-0.25, -0.2) is 4.79 Å². The third-order valence-corrected chi connectivity index (χ3v) is 3.27. The number of anilines is 1. The van der Waals surface area contributed by atoms with Crippen LogP contribution < -0.4 is 21.9 Å². The Balaban J connectivity index is 2.27. The standard InChI is InChI=1S/C12H18N4O6/c1-13-3-9(19)14-6-4-16(12(21)15-11(6)20)10-2-7(18)8(5-17)22-10/h4,7-8,10,13,17-18H,2-3,5H2,1H3,(H,14,19)(H,15,20,21)/t7-,8+,10+/m0/s1. The fourth-order valence-electron chi connectivity index (χ4n) is 2.19. The summed E-state index contributed by atoms with van der Waals surface area (Å²) in [6.45, 7) is -0.384. The van der Waals surface area contributed by atoms with Gasteiger partial charge in [0.2, 0.25) is 5.91 Å². The number of aliphatic hydroxyl groups excluding tert-OH is 2. The molecule has 0 aromatic carbocycles. The molecule has 0 radical (unpaired) electrons. The number of H-pyrrole nitrogens is 1. The Morgan fingerprint density at radius 3 is 2.86 bits per heavy atom. The lowest BCUT2D eigenvalue weighted by Crippen LogP contribution is -2.35. The third kappa shape index (κ3) is 3.42. The number of rotatable bonds is 5. The van der Waals surface area contributed by atoms with Gasteiger partial charge in [0.1, 0.15) is 18.0 Å². The van der Waals surface area contributed by atoms with Crippen LogP contribution in [0.4, 0.5) is 5.69 Å². The van der Waals surface area contributed by atoms with Gasteiger partial charge in [0, 0.05) is 12.6 Å². The van der Waals surface area contributed by atoms with E-state index in [1.807, 2.05) is 0 Å². The van der Waals surface area contributed by atoms with Gasteiger partial charge in [-0.1, -0.05) is 0 Å². The Labute approximate surface area is 124 Å².